The fourth-order valence-corrected chi connectivity index (χ4v) is 2.37. The van der Waals surface area contributed by atoms with Crippen LogP contribution in [0.15, 0.2) is 36.5 Å². The standard InChI is InChI=1S/C17H20N2O5S/c1-11-5-7-14(15(9-11)23-3)24-16-8-6-13(10-18-16)19-17(20)12(2)25(4,21)22/h5-10,12H,1-4H3,(H,19,20). The highest BCUT2D eigenvalue weighted by Gasteiger charge is 2.23. The van der Waals surface area contributed by atoms with Crippen LogP contribution >= 0.6 is 0 Å². The summed E-state index contributed by atoms with van der Waals surface area (Å²) in [6.45, 7) is 3.28. The highest BCUT2D eigenvalue weighted by atomic mass is 32.2. The third kappa shape index (κ3) is 4.93. The molecule has 0 bridgehead atoms. The van der Waals surface area contributed by atoms with Crippen molar-refractivity contribution >= 4 is 21.4 Å². The molecule has 1 aromatic carbocycles. The van der Waals surface area contributed by atoms with Gasteiger partial charge in [-0.2, -0.15) is 0 Å². The van der Waals surface area contributed by atoms with Crippen molar-refractivity contribution in [2.45, 2.75) is 19.1 Å². The lowest BCUT2D eigenvalue weighted by Gasteiger charge is -2.12. The topological polar surface area (TPSA) is 94.6 Å². The van der Waals surface area contributed by atoms with Crippen LogP contribution in [0.5, 0.6) is 17.4 Å². The van der Waals surface area contributed by atoms with E-state index < -0.39 is 21.0 Å². The van der Waals surface area contributed by atoms with Crippen LogP contribution in [0, 0.1) is 6.92 Å². The largest absolute Gasteiger partial charge is 0.493 e. The number of carbonyl (C=O) groups excluding carboxylic acids is 1. The van der Waals surface area contributed by atoms with Crippen LogP contribution in [-0.2, 0) is 14.6 Å². The van der Waals surface area contributed by atoms with Gasteiger partial charge >= 0.3 is 0 Å². The van der Waals surface area contributed by atoms with E-state index in [2.05, 4.69) is 10.3 Å². The Morgan fingerprint density at radius 1 is 1.20 bits per heavy atom. The second kappa shape index (κ2) is 7.52. The maximum atomic E-state index is 11.9. The first-order valence-electron chi connectivity index (χ1n) is 7.49. The number of hydrogen-bond acceptors (Lipinski definition) is 6. The molecule has 1 amide bonds. The van der Waals surface area contributed by atoms with Crippen molar-refractivity contribution in [1.29, 1.82) is 0 Å². The first-order valence-corrected chi connectivity index (χ1v) is 9.44. The molecule has 0 saturated heterocycles. The molecule has 0 spiro atoms. The van der Waals surface area contributed by atoms with E-state index in [4.69, 9.17) is 9.47 Å². The molecule has 25 heavy (non-hydrogen) atoms. The van der Waals surface area contributed by atoms with Gasteiger partial charge in [0.2, 0.25) is 11.8 Å². The number of nitrogens with one attached hydrogen (secondary N) is 1. The van der Waals surface area contributed by atoms with Gasteiger partial charge in [-0.05, 0) is 37.6 Å². The van der Waals surface area contributed by atoms with Crippen LogP contribution in [0.1, 0.15) is 12.5 Å². The molecule has 0 radical (unpaired) electrons. The van der Waals surface area contributed by atoms with Gasteiger partial charge in [-0.1, -0.05) is 6.07 Å². The number of benzene rings is 1. The fraction of sp³-hybridized carbons (Fsp3) is 0.294. The molecule has 1 heterocycles. The molecular formula is C17H20N2O5S. The summed E-state index contributed by atoms with van der Waals surface area (Å²) in [6, 6.07) is 8.66. The van der Waals surface area contributed by atoms with Crippen LogP contribution < -0.4 is 14.8 Å². The summed E-state index contributed by atoms with van der Waals surface area (Å²) in [4.78, 5) is 16.0. The number of sulfone groups is 1. The zero-order chi connectivity index (χ0) is 18.6. The van der Waals surface area contributed by atoms with E-state index in [0.29, 0.717) is 23.1 Å². The van der Waals surface area contributed by atoms with Gasteiger partial charge in [0.1, 0.15) is 5.25 Å². The normalized spacial score (nSPS) is 12.3. The van der Waals surface area contributed by atoms with Gasteiger partial charge in [-0.3, -0.25) is 4.79 Å². The third-order valence-corrected chi connectivity index (χ3v) is 5.05. The molecule has 1 unspecified atom stereocenters. The number of ether oxygens (including phenoxy) is 2. The molecule has 0 aliphatic heterocycles. The maximum Gasteiger partial charge on any atom is 0.242 e. The number of anilines is 1. The highest BCUT2D eigenvalue weighted by Crippen LogP contribution is 2.31. The molecule has 7 nitrogen and oxygen atoms in total. The van der Waals surface area contributed by atoms with Crippen molar-refractivity contribution in [2.75, 3.05) is 18.7 Å². The van der Waals surface area contributed by atoms with Gasteiger partial charge in [0.15, 0.2) is 21.3 Å². The average molecular weight is 364 g/mol. The van der Waals surface area contributed by atoms with E-state index in [1.165, 1.54) is 13.1 Å². The number of aryl methyl sites for hydroxylation is 1. The molecule has 0 saturated carbocycles. The van der Waals surface area contributed by atoms with Crippen LogP contribution in [0.3, 0.4) is 0 Å². The number of methoxy groups -OCH3 is 1. The van der Waals surface area contributed by atoms with Gasteiger partial charge in [0.25, 0.3) is 0 Å². The smallest absolute Gasteiger partial charge is 0.242 e. The second-order valence-electron chi connectivity index (χ2n) is 5.60. The number of carbonyl (C=O) groups is 1. The summed E-state index contributed by atoms with van der Waals surface area (Å²) in [6.07, 6.45) is 2.41. The van der Waals surface area contributed by atoms with Crippen molar-refractivity contribution < 1.29 is 22.7 Å². The minimum Gasteiger partial charge on any atom is -0.493 e. The molecule has 1 aromatic heterocycles. The molecule has 2 rings (SSSR count). The Hall–Kier alpha value is -2.61. The minimum atomic E-state index is -3.45. The number of rotatable bonds is 6. The summed E-state index contributed by atoms with van der Waals surface area (Å²) < 4.78 is 33.7. The monoisotopic (exact) mass is 364 g/mol. The van der Waals surface area contributed by atoms with Gasteiger partial charge < -0.3 is 14.8 Å². The lowest BCUT2D eigenvalue weighted by Crippen LogP contribution is -2.31. The highest BCUT2D eigenvalue weighted by molar-refractivity contribution is 7.92. The molecule has 0 fully saturated rings. The second-order valence-corrected chi connectivity index (χ2v) is 7.97. The molecule has 2 aromatic rings. The van der Waals surface area contributed by atoms with Crippen molar-refractivity contribution in [3.63, 3.8) is 0 Å². The van der Waals surface area contributed by atoms with Gasteiger partial charge in [-0.15, -0.1) is 0 Å². The number of amides is 1. The summed E-state index contributed by atoms with van der Waals surface area (Å²) in [5.74, 6) is 0.804. The lowest BCUT2D eigenvalue weighted by molar-refractivity contribution is -0.115. The van der Waals surface area contributed by atoms with Gasteiger partial charge in [0.05, 0.1) is 19.0 Å². The van der Waals surface area contributed by atoms with E-state index in [-0.39, 0.29) is 0 Å². The SMILES string of the molecule is COc1cc(C)ccc1Oc1ccc(NC(=O)C(C)S(C)(=O)=O)cn1. The Morgan fingerprint density at radius 3 is 2.48 bits per heavy atom. The lowest BCUT2D eigenvalue weighted by atomic mass is 10.2. The number of aromatic nitrogens is 1. The summed E-state index contributed by atoms with van der Waals surface area (Å²) in [5.41, 5.74) is 1.42. The molecule has 1 atom stereocenters. The quantitative estimate of drug-likeness (QED) is 0.846. The molecular weight excluding hydrogens is 344 g/mol. The van der Waals surface area contributed by atoms with Crippen molar-refractivity contribution in [3.05, 3.63) is 42.1 Å². The van der Waals surface area contributed by atoms with Gasteiger partial charge in [0, 0.05) is 12.3 Å². The van der Waals surface area contributed by atoms with Crippen LogP contribution in [0.25, 0.3) is 0 Å². The van der Waals surface area contributed by atoms with Crippen LogP contribution in [-0.4, -0.2) is 37.9 Å². The number of pyridine rings is 1. The first kappa shape index (κ1) is 18.7. The van der Waals surface area contributed by atoms with E-state index in [0.717, 1.165) is 11.8 Å². The Balaban J connectivity index is 2.09. The third-order valence-electron chi connectivity index (χ3n) is 3.55. The Morgan fingerprint density at radius 2 is 1.92 bits per heavy atom. The predicted octanol–water partition coefficient (Wildman–Crippen LogP) is 2.56. The molecule has 1 N–H and O–H groups in total. The Bertz CT molecular complexity index is 863. The van der Waals surface area contributed by atoms with Crippen molar-refractivity contribution in [1.82, 2.24) is 4.98 Å². The predicted molar refractivity (Wildman–Crippen MR) is 95.0 cm³/mol. The zero-order valence-corrected chi connectivity index (χ0v) is 15.3. The minimum absolute atomic E-state index is 0.316. The maximum absolute atomic E-state index is 11.9. The Kier molecular flexibility index (Phi) is 5.63. The average Bonchev–Trinajstić information content (AvgIpc) is 2.56. The fourth-order valence-electron chi connectivity index (χ4n) is 1.92. The number of nitrogens with zero attached hydrogens (tertiary/aromatic N) is 1. The Labute approximate surface area is 146 Å². The summed E-state index contributed by atoms with van der Waals surface area (Å²) in [5, 5.41) is 1.37. The van der Waals surface area contributed by atoms with Crippen molar-refractivity contribution in [2.24, 2.45) is 0 Å². The summed E-state index contributed by atoms with van der Waals surface area (Å²) >= 11 is 0. The summed E-state index contributed by atoms with van der Waals surface area (Å²) in [7, 11) is -1.90. The van der Waals surface area contributed by atoms with Crippen LogP contribution in [0.2, 0.25) is 0 Å². The molecule has 134 valence electrons. The number of hydrogen-bond donors (Lipinski definition) is 1. The van der Waals surface area contributed by atoms with Gasteiger partial charge in [-0.25, -0.2) is 13.4 Å². The molecule has 8 heteroatoms. The van der Waals surface area contributed by atoms with E-state index in [1.807, 2.05) is 19.1 Å². The van der Waals surface area contributed by atoms with E-state index >= 15 is 0 Å². The molecule has 0 aliphatic carbocycles. The van der Waals surface area contributed by atoms with Crippen molar-refractivity contribution in [3.8, 4) is 17.4 Å². The molecule has 0 aliphatic rings. The van der Waals surface area contributed by atoms with E-state index in [1.54, 1.807) is 25.3 Å². The zero-order valence-electron chi connectivity index (χ0n) is 14.4. The van der Waals surface area contributed by atoms with Crippen LogP contribution in [0.4, 0.5) is 5.69 Å². The first-order chi connectivity index (χ1) is 11.7. The van der Waals surface area contributed by atoms with E-state index in [9.17, 15) is 13.2 Å².